The number of amides is 1. The molecule has 1 unspecified atom stereocenters. The van der Waals surface area contributed by atoms with Gasteiger partial charge in [-0.2, -0.15) is 5.26 Å². The summed E-state index contributed by atoms with van der Waals surface area (Å²) in [4.78, 5) is 27.2. The van der Waals surface area contributed by atoms with Gasteiger partial charge in [-0.15, -0.1) is 0 Å². The van der Waals surface area contributed by atoms with Crippen molar-refractivity contribution in [2.45, 2.75) is 59.0 Å². The largest absolute Gasteiger partial charge is 0.460 e. The number of hydrogen-bond acceptors (Lipinski definition) is 4. The molecule has 0 aliphatic heterocycles. The van der Waals surface area contributed by atoms with Crippen LogP contribution in [0.4, 0.5) is 0 Å². The number of H-pyrrole nitrogens is 1. The number of benzene rings is 1. The lowest BCUT2D eigenvalue weighted by Gasteiger charge is -2.20. The summed E-state index contributed by atoms with van der Waals surface area (Å²) in [5.74, 6) is -0.0585. The van der Waals surface area contributed by atoms with Gasteiger partial charge in [0.05, 0.1) is 11.6 Å². The second-order valence-electron chi connectivity index (χ2n) is 8.24. The molecule has 0 aliphatic rings. The monoisotopic (exact) mass is 383 g/mol. The molecule has 0 radical (unpaired) electrons. The Morgan fingerprint density at radius 1 is 1.25 bits per heavy atom. The third-order valence-electron chi connectivity index (χ3n) is 4.34. The van der Waals surface area contributed by atoms with Crippen molar-refractivity contribution >= 4 is 22.8 Å². The van der Waals surface area contributed by atoms with E-state index in [0.717, 1.165) is 30.2 Å². The summed E-state index contributed by atoms with van der Waals surface area (Å²) in [6, 6.07) is 9.13. The normalized spacial score (nSPS) is 12.4. The summed E-state index contributed by atoms with van der Waals surface area (Å²) in [6.45, 7) is 8.23. The van der Waals surface area contributed by atoms with E-state index in [1.165, 1.54) is 0 Å². The molecule has 2 aromatic rings. The third kappa shape index (κ3) is 6.73. The molecule has 1 aromatic heterocycles. The maximum atomic E-state index is 12.3. The molecular weight excluding hydrogens is 354 g/mol. The van der Waals surface area contributed by atoms with Crippen molar-refractivity contribution in [1.29, 1.82) is 5.26 Å². The number of aromatic nitrogens is 1. The first-order valence-corrected chi connectivity index (χ1v) is 9.71. The number of carbonyl (C=O) groups excluding carboxylic acids is 2. The Morgan fingerprint density at radius 2 is 2.00 bits per heavy atom. The molecule has 0 saturated heterocycles. The van der Waals surface area contributed by atoms with Crippen molar-refractivity contribution in [1.82, 2.24) is 10.3 Å². The van der Waals surface area contributed by atoms with Crippen LogP contribution in [0.1, 0.15) is 69.4 Å². The lowest BCUT2D eigenvalue weighted by Crippen LogP contribution is -2.25. The van der Waals surface area contributed by atoms with Crippen molar-refractivity contribution in [3.05, 3.63) is 35.5 Å². The van der Waals surface area contributed by atoms with Gasteiger partial charge in [-0.25, -0.2) is 0 Å². The smallest absolute Gasteiger partial charge is 0.306 e. The third-order valence-corrected chi connectivity index (χ3v) is 4.34. The first-order valence-electron chi connectivity index (χ1n) is 9.71. The molecule has 2 N–H and O–H groups in total. The zero-order valence-electron chi connectivity index (χ0n) is 17.1. The predicted molar refractivity (Wildman–Crippen MR) is 109 cm³/mol. The van der Waals surface area contributed by atoms with Crippen LogP contribution in [0.2, 0.25) is 0 Å². The quantitative estimate of drug-likeness (QED) is 0.524. The van der Waals surface area contributed by atoms with Crippen molar-refractivity contribution in [2.75, 3.05) is 6.54 Å². The zero-order valence-corrected chi connectivity index (χ0v) is 17.1. The van der Waals surface area contributed by atoms with E-state index in [9.17, 15) is 9.59 Å². The molecular formula is C22H29N3O3. The molecule has 6 nitrogen and oxygen atoms in total. The summed E-state index contributed by atoms with van der Waals surface area (Å²) in [5.41, 5.74) is 1.45. The van der Waals surface area contributed by atoms with E-state index in [4.69, 9.17) is 10.00 Å². The van der Waals surface area contributed by atoms with Gasteiger partial charge in [-0.3, -0.25) is 9.59 Å². The van der Waals surface area contributed by atoms with Gasteiger partial charge in [-0.05, 0) is 57.4 Å². The van der Waals surface area contributed by atoms with E-state index in [0.29, 0.717) is 24.2 Å². The Morgan fingerprint density at radius 3 is 2.68 bits per heavy atom. The van der Waals surface area contributed by atoms with Crippen molar-refractivity contribution < 1.29 is 14.3 Å². The van der Waals surface area contributed by atoms with Gasteiger partial charge in [-0.1, -0.05) is 19.8 Å². The molecule has 28 heavy (non-hydrogen) atoms. The van der Waals surface area contributed by atoms with Crippen LogP contribution < -0.4 is 5.32 Å². The van der Waals surface area contributed by atoms with Crippen LogP contribution in [0.3, 0.4) is 0 Å². The highest BCUT2D eigenvalue weighted by atomic mass is 16.6. The molecule has 0 fully saturated rings. The minimum Gasteiger partial charge on any atom is -0.460 e. The summed E-state index contributed by atoms with van der Waals surface area (Å²) in [6.07, 6.45) is 3.12. The number of nitriles is 1. The summed E-state index contributed by atoms with van der Waals surface area (Å²) in [5, 5.41) is 12.7. The first-order chi connectivity index (χ1) is 13.2. The maximum Gasteiger partial charge on any atom is 0.306 e. The van der Waals surface area contributed by atoms with Gasteiger partial charge < -0.3 is 15.0 Å². The lowest BCUT2D eigenvalue weighted by atomic mass is 10.0. The van der Waals surface area contributed by atoms with E-state index in [1.54, 1.807) is 24.3 Å². The molecule has 150 valence electrons. The van der Waals surface area contributed by atoms with Crippen LogP contribution in [-0.2, 0) is 9.53 Å². The number of carbonyl (C=O) groups is 2. The van der Waals surface area contributed by atoms with Crippen LogP contribution in [0.25, 0.3) is 10.9 Å². The Balaban J connectivity index is 1.70. The van der Waals surface area contributed by atoms with Crippen LogP contribution in [0, 0.1) is 17.2 Å². The van der Waals surface area contributed by atoms with Crippen LogP contribution >= 0.6 is 0 Å². The summed E-state index contributed by atoms with van der Waals surface area (Å²) >= 11 is 0. The number of hydrogen-bond donors (Lipinski definition) is 2. The fourth-order valence-electron chi connectivity index (χ4n) is 3.01. The minimum absolute atomic E-state index is 0.156. The SMILES string of the molecule is CC(CCCCNC(=O)c1cc2cc(C#N)ccc2[nH]1)CC(=O)OC(C)(C)C. The summed E-state index contributed by atoms with van der Waals surface area (Å²) in [7, 11) is 0. The number of unbranched alkanes of at least 4 members (excludes halogenated alkanes) is 1. The fourth-order valence-corrected chi connectivity index (χ4v) is 3.01. The lowest BCUT2D eigenvalue weighted by molar-refractivity contribution is -0.155. The second kappa shape index (κ2) is 9.41. The molecule has 6 heteroatoms. The first kappa shape index (κ1) is 21.5. The van der Waals surface area contributed by atoms with E-state index in [-0.39, 0.29) is 17.8 Å². The summed E-state index contributed by atoms with van der Waals surface area (Å²) < 4.78 is 5.34. The number of rotatable bonds is 8. The fraction of sp³-hybridized carbons (Fsp3) is 0.500. The maximum absolute atomic E-state index is 12.3. The number of fused-ring (bicyclic) bond motifs is 1. The molecule has 0 spiro atoms. The Bertz CT molecular complexity index is 871. The van der Waals surface area contributed by atoms with E-state index in [2.05, 4.69) is 16.4 Å². The van der Waals surface area contributed by atoms with Gasteiger partial charge in [0.15, 0.2) is 0 Å². The van der Waals surface area contributed by atoms with Gasteiger partial charge >= 0.3 is 5.97 Å². The van der Waals surface area contributed by atoms with Crippen LogP contribution in [0.15, 0.2) is 24.3 Å². The van der Waals surface area contributed by atoms with Crippen molar-refractivity contribution in [2.24, 2.45) is 5.92 Å². The van der Waals surface area contributed by atoms with E-state index in [1.807, 2.05) is 27.7 Å². The number of aromatic amines is 1. The predicted octanol–water partition coefficient (Wildman–Crippen LogP) is 4.31. The average Bonchev–Trinajstić information content (AvgIpc) is 3.02. The highest BCUT2D eigenvalue weighted by Gasteiger charge is 2.18. The number of esters is 1. The van der Waals surface area contributed by atoms with Gasteiger partial charge in [0.25, 0.3) is 5.91 Å². The second-order valence-corrected chi connectivity index (χ2v) is 8.24. The number of nitrogens with zero attached hydrogens (tertiary/aromatic N) is 1. The van der Waals surface area contributed by atoms with Gasteiger partial charge in [0.2, 0.25) is 0 Å². The van der Waals surface area contributed by atoms with Crippen molar-refractivity contribution in [3.8, 4) is 6.07 Å². The molecule has 0 aliphatic carbocycles. The van der Waals surface area contributed by atoms with Crippen LogP contribution in [0.5, 0.6) is 0 Å². The topological polar surface area (TPSA) is 95.0 Å². The number of nitrogens with one attached hydrogen (secondary N) is 2. The highest BCUT2D eigenvalue weighted by Crippen LogP contribution is 2.18. The Labute approximate surface area is 166 Å². The zero-order chi connectivity index (χ0) is 20.7. The standard InChI is InChI=1S/C22H29N3O3/c1-15(11-20(26)28-22(2,3)4)7-5-6-10-24-21(27)19-13-17-12-16(14-23)8-9-18(17)25-19/h8-9,12-13,15,25H,5-7,10-11H2,1-4H3,(H,24,27). The van der Waals surface area contributed by atoms with Gasteiger partial charge in [0.1, 0.15) is 11.3 Å². The molecule has 1 heterocycles. The highest BCUT2D eigenvalue weighted by molar-refractivity contribution is 5.98. The number of ether oxygens (including phenoxy) is 1. The van der Waals surface area contributed by atoms with E-state index < -0.39 is 5.60 Å². The molecule has 0 saturated carbocycles. The molecule has 1 amide bonds. The molecule has 2 rings (SSSR count). The minimum atomic E-state index is -0.445. The Kier molecular flexibility index (Phi) is 7.22. The Hall–Kier alpha value is -2.81. The molecule has 1 aromatic carbocycles. The average molecular weight is 383 g/mol. The van der Waals surface area contributed by atoms with Crippen LogP contribution in [-0.4, -0.2) is 29.0 Å². The van der Waals surface area contributed by atoms with E-state index >= 15 is 0 Å². The van der Waals surface area contributed by atoms with Gasteiger partial charge in [0, 0.05) is 23.9 Å². The van der Waals surface area contributed by atoms with Crippen molar-refractivity contribution in [3.63, 3.8) is 0 Å². The molecule has 0 bridgehead atoms. The molecule has 1 atom stereocenters.